The van der Waals surface area contributed by atoms with Gasteiger partial charge in [0, 0.05) is 11.6 Å². The van der Waals surface area contributed by atoms with Crippen LogP contribution in [0.4, 0.5) is 0 Å². The molecule has 0 saturated heterocycles. The fourth-order valence-corrected chi connectivity index (χ4v) is 1.28. The molecule has 1 rings (SSSR count). The number of nitrogens with two attached hydrogens (primary N) is 1. The first-order valence-corrected chi connectivity index (χ1v) is 4.29. The number of ether oxygens (including phenoxy) is 1. The fraction of sp³-hybridized carbons (Fsp3) is 0.273. The summed E-state index contributed by atoms with van der Waals surface area (Å²) < 4.78 is 5.20. The second-order valence-corrected chi connectivity index (χ2v) is 2.87. The Kier molecular flexibility index (Phi) is 6.00. The van der Waals surface area contributed by atoms with E-state index in [1.54, 1.807) is 7.11 Å². The molecule has 0 unspecified atom stereocenters. The van der Waals surface area contributed by atoms with Crippen LogP contribution in [0.3, 0.4) is 0 Å². The zero-order valence-corrected chi connectivity index (χ0v) is 9.09. The summed E-state index contributed by atoms with van der Waals surface area (Å²) in [5.74, 6) is 0.844. The Labute approximate surface area is 91.2 Å². The van der Waals surface area contributed by atoms with E-state index in [4.69, 9.17) is 10.5 Å². The number of benzene rings is 1. The molecule has 0 bridgehead atoms. The van der Waals surface area contributed by atoms with Crippen LogP contribution in [0.2, 0.25) is 0 Å². The normalized spacial score (nSPS) is 11.3. The summed E-state index contributed by atoms with van der Waals surface area (Å²) >= 11 is 0. The average Bonchev–Trinajstić information content (AvgIpc) is 2.18. The summed E-state index contributed by atoms with van der Waals surface area (Å²) in [5.41, 5.74) is 6.96. The van der Waals surface area contributed by atoms with E-state index in [1.807, 2.05) is 30.3 Å². The molecule has 0 heterocycles. The van der Waals surface area contributed by atoms with Crippen LogP contribution < -0.4 is 10.5 Å². The molecule has 0 fully saturated rings. The van der Waals surface area contributed by atoms with E-state index in [0.29, 0.717) is 0 Å². The molecule has 1 aromatic rings. The Morgan fingerprint density at radius 3 is 2.71 bits per heavy atom. The van der Waals surface area contributed by atoms with Crippen molar-refractivity contribution < 1.29 is 4.74 Å². The van der Waals surface area contributed by atoms with Gasteiger partial charge in [-0.25, -0.2) is 0 Å². The van der Waals surface area contributed by atoms with Gasteiger partial charge in [-0.15, -0.1) is 19.0 Å². The van der Waals surface area contributed by atoms with Gasteiger partial charge in [0.05, 0.1) is 7.11 Å². The lowest BCUT2D eigenvalue weighted by Gasteiger charge is -2.13. The maximum absolute atomic E-state index is 5.93. The molecule has 2 N–H and O–H groups in total. The number of hydrogen-bond donors (Lipinski definition) is 1. The van der Waals surface area contributed by atoms with Crippen molar-refractivity contribution in [3.05, 3.63) is 42.5 Å². The lowest BCUT2D eigenvalue weighted by atomic mass is 10.0. The lowest BCUT2D eigenvalue weighted by molar-refractivity contribution is 0.406. The van der Waals surface area contributed by atoms with Crippen molar-refractivity contribution in [2.24, 2.45) is 5.73 Å². The second kappa shape index (κ2) is 6.46. The molecular weight excluding hydrogens is 198 g/mol. The molecule has 0 aromatic heterocycles. The lowest BCUT2D eigenvalue weighted by Crippen LogP contribution is -2.10. The standard InChI is InChI=1S/C11H15NO.ClH/c1-3-6-10(12)9-7-4-5-8-11(9)13-2;/h3-5,7-8,10H,1,6,12H2,2H3;1H/t10-;/m1./s1. The molecule has 14 heavy (non-hydrogen) atoms. The van der Waals surface area contributed by atoms with E-state index < -0.39 is 0 Å². The van der Waals surface area contributed by atoms with E-state index in [9.17, 15) is 0 Å². The van der Waals surface area contributed by atoms with E-state index >= 15 is 0 Å². The first-order chi connectivity index (χ1) is 6.29. The van der Waals surface area contributed by atoms with Gasteiger partial charge < -0.3 is 10.5 Å². The summed E-state index contributed by atoms with van der Waals surface area (Å²) in [6.07, 6.45) is 2.58. The molecule has 0 aliphatic heterocycles. The number of methoxy groups -OCH3 is 1. The van der Waals surface area contributed by atoms with Crippen LogP contribution in [0.5, 0.6) is 5.75 Å². The van der Waals surface area contributed by atoms with Crippen LogP contribution in [-0.2, 0) is 0 Å². The number of para-hydroxylation sites is 1. The van der Waals surface area contributed by atoms with E-state index in [-0.39, 0.29) is 18.4 Å². The Hall–Kier alpha value is -0.990. The summed E-state index contributed by atoms with van der Waals surface area (Å²) in [5, 5.41) is 0. The monoisotopic (exact) mass is 213 g/mol. The minimum absolute atomic E-state index is 0. The van der Waals surface area contributed by atoms with E-state index in [0.717, 1.165) is 17.7 Å². The highest BCUT2D eigenvalue weighted by Crippen LogP contribution is 2.24. The predicted molar refractivity (Wildman–Crippen MR) is 62.0 cm³/mol. The maximum Gasteiger partial charge on any atom is 0.123 e. The number of rotatable bonds is 4. The highest BCUT2D eigenvalue weighted by Gasteiger charge is 2.08. The average molecular weight is 214 g/mol. The van der Waals surface area contributed by atoms with Crippen LogP contribution in [0.15, 0.2) is 36.9 Å². The summed E-state index contributed by atoms with van der Waals surface area (Å²) in [6.45, 7) is 3.66. The zero-order valence-electron chi connectivity index (χ0n) is 8.27. The highest BCUT2D eigenvalue weighted by atomic mass is 35.5. The SMILES string of the molecule is C=CC[C@@H](N)c1ccccc1OC.Cl. The Morgan fingerprint density at radius 1 is 1.50 bits per heavy atom. The van der Waals surface area contributed by atoms with Crippen molar-refractivity contribution in [2.75, 3.05) is 7.11 Å². The van der Waals surface area contributed by atoms with Gasteiger partial charge in [-0.3, -0.25) is 0 Å². The Bertz CT molecular complexity index is 288. The molecule has 0 spiro atoms. The maximum atomic E-state index is 5.93. The van der Waals surface area contributed by atoms with E-state index in [1.165, 1.54) is 0 Å². The molecule has 0 radical (unpaired) electrons. The summed E-state index contributed by atoms with van der Waals surface area (Å²) in [6, 6.07) is 7.77. The predicted octanol–water partition coefficient (Wildman–Crippen LogP) is 2.69. The zero-order chi connectivity index (χ0) is 9.68. The quantitative estimate of drug-likeness (QED) is 0.781. The topological polar surface area (TPSA) is 35.2 Å². The molecule has 2 nitrogen and oxygen atoms in total. The molecular formula is C11H16ClNO. The molecule has 78 valence electrons. The van der Waals surface area contributed by atoms with Gasteiger partial charge in [-0.05, 0) is 12.5 Å². The first kappa shape index (κ1) is 13.0. The van der Waals surface area contributed by atoms with Crippen molar-refractivity contribution in [1.29, 1.82) is 0 Å². The van der Waals surface area contributed by atoms with Crippen molar-refractivity contribution >= 4 is 12.4 Å². The van der Waals surface area contributed by atoms with Crippen LogP contribution in [0.1, 0.15) is 18.0 Å². The van der Waals surface area contributed by atoms with Crippen molar-refractivity contribution in [3.63, 3.8) is 0 Å². The second-order valence-electron chi connectivity index (χ2n) is 2.87. The molecule has 1 aromatic carbocycles. The third-order valence-electron chi connectivity index (χ3n) is 1.96. The molecule has 0 aliphatic carbocycles. The Balaban J connectivity index is 0.00000169. The van der Waals surface area contributed by atoms with Gasteiger partial charge in [0.15, 0.2) is 0 Å². The van der Waals surface area contributed by atoms with Gasteiger partial charge >= 0.3 is 0 Å². The van der Waals surface area contributed by atoms with E-state index in [2.05, 4.69) is 6.58 Å². The van der Waals surface area contributed by atoms with Crippen molar-refractivity contribution in [1.82, 2.24) is 0 Å². The van der Waals surface area contributed by atoms with Gasteiger partial charge in [0.25, 0.3) is 0 Å². The molecule has 0 amide bonds. The summed E-state index contributed by atoms with van der Waals surface area (Å²) in [7, 11) is 1.65. The first-order valence-electron chi connectivity index (χ1n) is 4.29. The Morgan fingerprint density at radius 2 is 2.14 bits per heavy atom. The minimum atomic E-state index is -0.0198. The fourth-order valence-electron chi connectivity index (χ4n) is 1.28. The smallest absolute Gasteiger partial charge is 0.123 e. The third kappa shape index (κ3) is 3.05. The van der Waals surface area contributed by atoms with Gasteiger partial charge in [-0.2, -0.15) is 0 Å². The summed E-state index contributed by atoms with van der Waals surface area (Å²) in [4.78, 5) is 0. The minimum Gasteiger partial charge on any atom is -0.496 e. The molecule has 0 aliphatic rings. The van der Waals surface area contributed by atoms with Crippen molar-refractivity contribution in [2.45, 2.75) is 12.5 Å². The number of halogens is 1. The van der Waals surface area contributed by atoms with Crippen molar-refractivity contribution in [3.8, 4) is 5.75 Å². The van der Waals surface area contributed by atoms with Gasteiger partial charge in [0.1, 0.15) is 5.75 Å². The van der Waals surface area contributed by atoms with Crippen LogP contribution >= 0.6 is 12.4 Å². The third-order valence-corrected chi connectivity index (χ3v) is 1.96. The van der Waals surface area contributed by atoms with Crippen LogP contribution in [0.25, 0.3) is 0 Å². The van der Waals surface area contributed by atoms with Gasteiger partial charge in [-0.1, -0.05) is 24.3 Å². The number of hydrogen-bond acceptors (Lipinski definition) is 2. The van der Waals surface area contributed by atoms with Crippen LogP contribution in [0, 0.1) is 0 Å². The van der Waals surface area contributed by atoms with Gasteiger partial charge in [0.2, 0.25) is 0 Å². The highest BCUT2D eigenvalue weighted by molar-refractivity contribution is 5.85. The molecule has 0 saturated carbocycles. The molecule has 3 heteroatoms. The van der Waals surface area contributed by atoms with Crippen LogP contribution in [-0.4, -0.2) is 7.11 Å². The largest absolute Gasteiger partial charge is 0.496 e. The molecule has 1 atom stereocenters.